The highest BCUT2D eigenvalue weighted by Crippen LogP contribution is 2.54. The van der Waals surface area contributed by atoms with Gasteiger partial charge >= 0.3 is 0 Å². The summed E-state index contributed by atoms with van der Waals surface area (Å²) < 4.78 is 6.52. The Morgan fingerprint density at radius 2 is 1.70 bits per heavy atom. The van der Waals surface area contributed by atoms with Crippen molar-refractivity contribution < 1.29 is 4.74 Å². The number of anilines is 1. The molecule has 0 bridgehead atoms. The van der Waals surface area contributed by atoms with E-state index in [-0.39, 0.29) is 5.41 Å². The topological polar surface area (TPSA) is 12.5 Å². The Morgan fingerprint density at radius 3 is 2.48 bits per heavy atom. The molecule has 0 amide bonds. The minimum atomic E-state index is -0.582. The predicted molar refractivity (Wildman–Crippen MR) is 96.7 cm³/mol. The van der Waals surface area contributed by atoms with E-state index in [1.54, 1.807) is 0 Å². The molecule has 0 aromatic heterocycles. The normalized spacial score (nSPS) is 23.6. The summed E-state index contributed by atoms with van der Waals surface area (Å²) in [5.41, 5.74) is 2.49. The summed E-state index contributed by atoms with van der Waals surface area (Å²) in [5.74, 6) is 0.843. The molecule has 1 unspecified atom stereocenters. The fourth-order valence-electron chi connectivity index (χ4n) is 3.76. The SMILES string of the molecule is CN1c2ccc(Cl)cc2C(C)(C)C12C=Cc1cc(Cl)ccc1O2. The highest BCUT2D eigenvalue weighted by molar-refractivity contribution is 6.31. The Hall–Kier alpha value is -1.64. The Bertz CT molecular complexity index is 843. The van der Waals surface area contributed by atoms with Crippen LogP contribution in [0, 0.1) is 0 Å². The van der Waals surface area contributed by atoms with Crippen LogP contribution in [0.2, 0.25) is 10.0 Å². The van der Waals surface area contributed by atoms with Gasteiger partial charge in [0.2, 0.25) is 5.72 Å². The zero-order chi connectivity index (χ0) is 16.4. The van der Waals surface area contributed by atoms with Crippen LogP contribution >= 0.6 is 23.2 Å². The number of nitrogens with zero attached hydrogens (tertiary/aromatic N) is 1. The monoisotopic (exact) mass is 345 g/mol. The van der Waals surface area contributed by atoms with Crippen LogP contribution in [0.4, 0.5) is 5.69 Å². The first-order chi connectivity index (χ1) is 10.8. The van der Waals surface area contributed by atoms with E-state index in [9.17, 15) is 0 Å². The van der Waals surface area contributed by atoms with E-state index < -0.39 is 5.72 Å². The number of ether oxygens (including phenoxy) is 1. The maximum Gasteiger partial charge on any atom is 0.211 e. The van der Waals surface area contributed by atoms with Crippen molar-refractivity contribution in [3.63, 3.8) is 0 Å². The molecule has 2 aromatic rings. The van der Waals surface area contributed by atoms with Crippen molar-refractivity contribution in [2.45, 2.75) is 25.0 Å². The van der Waals surface area contributed by atoms with Crippen LogP contribution in [-0.4, -0.2) is 12.8 Å². The summed E-state index contributed by atoms with van der Waals surface area (Å²) in [6.07, 6.45) is 4.22. The molecule has 4 heteroatoms. The number of benzene rings is 2. The summed E-state index contributed by atoms with van der Waals surface area (Å²) in [6.45, 7) is 4.38. The van der Waals surface area contributed by atoms with E-state index in [1.165, 1.54) is 5.56 Å². The van der Waals surface area contributed by atoms with Gasteiger partial charge in [-0.05, 0) is 68.0 Å². The number of hydrogen-bond donors (Lipinski definition) is 0. The first kappa shape index (κ1) is 14.9. The van der Waals surface area contributed by atoms with Gasteiger partial charge in [0, 0.05) is 28.3 Å². The smallest absolute Gasteiger partial charge is 0.211 e. The highest BCUT2D eigenvalue weighted by atomic mass is 35.5. The zero-order valence-electron chi connectivity index (χ0n) is 13.2. The molecule has 1 atom stereocenters. The molecule has 0 N–H and O–H groups in total. The van der Waals surface area contributed by atoms with Crippen molar-refractivity contribution in [3.05, 3.63) is 63.6 Å². The average Bonchev–Trinajstić information content (AvgIpc) is 2.67. The fourth-order valence-corrected chi connectivity index (χ4v) is 4.11. The maximum absolute atomic E-state index is 6.52. The van der Waals surface area contributed by atoms with Crippen molar-refractivity contribution in [1.29, 1.82) is 0 Å². The van der Waals surface area contributed by atoms with Crippen LogP contribution < -0.4 is 9.64 Å². The van der Waals surface area contributed by atoms with E-state index in [0.29, 0.717) is 5.02 Å². The molecular weight excluding hydrogens is 329 g/mol. The molecule has 2 nitrogen and oxygen atoms in total. The van der Waals surface area contributed by atoms with Crippen LogP contribution in [0.25, 0.3) is 6.08 Å². The van der Waals surface area contributed by atoms with Gasteiger partial charge < -0.3 is 9.64 Å². The van der Waals surface area contributed by atoms with Gasteiger partial charge in [-0.15, -0.1) is 0 Å². The molecule has 2 aromatic carbocycles. The van der Waals surface area contributed by atoms with Gasteiger partial charge in [0.15, 0.2) is 0 Å². The molecule has 118 valence electrons. The van der Waals surface area contributed by atoms with Crippen molar-refractivity contribution in [3.8, 4) is 5.75 Å². The molecule has 2 heterocycles. The maximum atomic E-state index is 6.52. The van der Waals surface area contributed by atoms with E-state index in [4.69, 9.17) is 27.9 Å². The van der Waals surface area contributed by atoms with Crippen LogP contribution in [-0.2, 0) is 5.41 Å². The summed E-state index contributed by atoms with van der Waals surface area (Å²) in [4.78, 5) is 2.19. The minimum absolute atomic E-state index is 0.254. The Morgan fingerprint density at radius 1 is 1.00 bits per heavy atom. The number of hydrogen-bond acceptors (Lipinski definition) is 2. The molecule has 4 rings (SSSR count). The third-order valence-electron chi connectivity index (χ3n) is 5.11. The van der Waals surface area contributed by atoms with E-state index in [0.717, 1.165) is 22.0 Å². The van der Waals surface area contributed by atoms with E-state index >= 15 is 0 Å². The van der Waals surface area contributed by atoms with Crippen molar-refractivity contribution in [1.82, 2.24) is 0 Å². The Kier molecular flexibility index (Phi) is 3.04. The molecule has 1 spiro atoms. The molecule has 0 aliphatic carbocycles. The van der Waals surface area contributed by atoms with E-state index in [2.05, 4.69) is 44.0 Å². The second-order valence-electron chi connectivity index (χ2n) is 6.66. The van der Waals surface area contributed by atoms with Gasteiger partial charge in [-0.1, -0.05) is 23.2 Å². The lowest BCUT2D eigenvalue weighted by molar-refractivity contribution is 0.0582. The fraction of sp³-hybridized carbons (Fsp3) is 0.263. The first-order valence-electron chi connectivity index (χ1n) is 7.57. The summed E-state index contributed by atoms with van der Waals surface area (Å²) in [5, 5.41) is 1.45. The number of likely N-dealkylation sites (N-methyl/N-ethyl adjacent to an activating group) is 1. The van der Waals surface area contributed by atoms with Crippen molar-refractivity contribution in [2.75, 3.05) is 11.9 Å². The summed E-state index contributed by atoms with van der Waals surface area (Å²) >= 11 is 12.3. The zero-order valence-corrected chi connectivity index (χ0v) is 14.7. The van der Waals surface area contributed by atoms with Gasteiger partial charge in [0.25, 0.3) is 0 Å². The van der Waals surface area contributed by atoms with Crippen LogP contribution in [0.3, 0.4) is 0 Å². The van der Waals surface area contributed by atoms with Gasteiger partial charge in [0.05, 0.1) is 5.41 Å². The van der Waals surface area contributed by atoms with Crippen LogP contribution in [0.5, 0.6) is 5.75 Å². The second kappa shape index (κ2) is 4.68. The average molecular weight is 346 g/mol. The standard InChI is InChI=1S/C19H17Cl2NO/c1-18(2)15-11-14(21)4-6-16(15)22(3)19(18)9-8-12-10-13(20)5-7-17(12)23-19/h4-11H,1-3H3. The largest absolute Gasteiger partial charge is 0.463 e. The van der Waals surface area contributed by atoms with Crippen molar-refractivity contribution >= 4 is 35.0 Å². The lowest BCUT2D eigenvalue weighted by atomic mass is 9.76. The van der Waals surface area contributed by atoms with Gasteiger partial charge in [-0.25, -0.2) is 0 Å². The lowest BCUT2D eigenvalue weighted by Gasteiger charge is -2.45. The van der Waals surface area contributed by atoms with Crippen LogP contribution in [0.1, 0.15) is 25.0 Å². The van der Waals surface area contributed by atoms with Gasteiger partial charge in [-0.3, -0.25) is 0 Å². The third kappa shape index (κ3) is 1.88. The number of halogens is 2. The molecule has 2 aliphatic rings. The number of rotatable bonds is 0. The summed E-state index contributed by atoms with van der Waals surface area (Å²) in [7, 11) is 2.06. The third-order valence-corrected chi connectivity index (χ3v) is 5.58. The van der Waals surface area contributed by atoms with E-state index in [1.807, 2.05) is 30.3 Å². The molecule has 23 heavy (non-hydrogen) atoms. The summed E-state index contributed by atoms with van der Waals surface area (Å²) in [6, 6.07) is 11.7. The van der Waals surface area contributed by atoms with Gasteiger partial charge in [0.1, 0.15) is 5.75 Å². The Labute approximate surface area is 146 Å². The quantitative estimate of drug-likeness (QED) is 0.622. The lowest BCUT2D eigenvalue weighted by Crippen LogP contribution is -2.58. The second-order valence-corrected chi connectivity index (χ2v) is 7.53. The predicted octanol–water partition coefficient (Wildman–Crippen LogP) is 5.52. The molecule has 2 aliphatic heterocycles. The molecule has 0 saturated carbocycles. The Balaban J connectivity index is 1.89. The first-order valence-corrected chi connectivity index (χ1v) is 8.32. The molecule has 0 radical (unpaired) electrons. The van der Waals surface area contributed by atoms with Gasteiger partial charge in [-0.2, -0.15) is 0 Å². The highest BCUT2D eigenvalue weighted by Gasteiger charge is 2.57. The van der Waals surface area contributed by atoms with Crippen molar-refractivity contribution in [2.24, 2.45) is 0 Å². The number of fused-ring (bicyclic) bond motifs is 2. The molecular formula is C19H17Cl2NO. The minimum Gasteiger partial charge on any atom is -0.463 e. The molecule has 0 saturated heterocycles. The molecule has 0 fully saturated rings. The van der Waals surface area contributed by atoms with Crippen LogP contribution in [0.15, 0.2) is 42.5 Å².